The normalized spacial score (nSPS) is 18.9. The molecule has 0 aliphatic heterocycles. The van der Waals surface area contributed by atoms with Gasteiger partial charge in [0.2, 0.25) is 0 Å². The highest BCUT2D eigenvalue weighted by Crippen LogP contribution is 2.36. The lowest BCUT2D eigenvalue weighted by Gasteiger charge is -2.30. The molecule has 2 rings (SSSR count). The SMILES string of the molecule is NC(=S)C(c1cccc(Cl)c1)C1CCCCC1. The van der Waals surface area contributed by atoms with E-state index >= 15 is 0 Å². The van der Waals surface area contributed by atoms with Crippen molar-refractivity contribution in [2.75, 3.05) is 0 Å². The van der Waals surface area contributed by atoms with Crippen molar-refractivity contribution >= 4 is 28.8 Å². The topological polar surface area (TPSA) is 26.0 Å². The summed E-state index contributed by atoms with van der Waals surface area (Å²) in [6.07, 6.45) is 6.40. The number of rotatable bonds is 3. The van der Waals surface area contributed by atoms with Crippen molar-refractivity contribution in [1.82, 2.24) is 0 Å². The van der Waals surface area contributed by atoms with Crippen LogP contribution in [0, 0.1) is 5.92 Å². The molecule has 1 aliphatic carbocycles. The average Bonchev–Trinajstić information content (AvgIpc) is 2.30. The Morgan fingerprint density at radius 2 is 2.00 bits per heavy atom. The smallest absolute Gasteiger partial charge is 0.0806 e. The van der Waals surface area contributed by atoms with Crippen molar-refractivity contribution in [3.63, 3.8) is 0 Å². The first kappa shape index (κ1) is 12.8. The highest BCUT2D eigenvalue weighted by molar-refractivity contribution is 7.80. The van der Waals surface area contributed by atoms with Crippen molar-refractivity contribution in [2.24, 2.45) is 11.7 Å². The van der Waals surface area contributed by atoms with Crippen molar-refractivity contribution in [1.29, 1.82) is 0 Å². The third-order valence-corrected chi connectivity index (χ3v) is 4.12. The van der Waals surface area contributed by atoms with Crippen molar-refractivity contribution in [3.05, 3.63) is 34.9 Å². The maximum absolute atomic E-state index is 6.05. The summed E-state index contributed by atoms with van der Waals surface area (Å²) in [5.41, 5.74) is 7.12. The summed E-state index contributed by atoms with van der Waals surface area (Å²) in [4.78, 5) is 0.610. The fraction of sp³-hybridized carbons (Fsp3) is 0.500. The third-order valence-electron chi connectivity index (χ3n) is 3.64. The summed E-state index contributed by atoms with van der Waals surface area (Å²) in [7, 11) is 0. The monoisotopic (exact) mass is 267 g/mol. The molecule has 1 nitrogen and oxygen atoms in total. The van der Waals surface area contributed by atoms with Gasteiger partial charge in [-0.05, 0) is 36.5 Å². The zero-order valence-corrected chi connectivity index (χ0v) is 11.4. The van der Waals surface area contributed by atoms with E-state index in [0.29, 0.717) is 10.9 Å². The number of benzene rings is 1. The van der Waals surface area contributed by atoms with E-state index in [1.807, 2.05) is 18.2 Å². The van der Waals surface area contributed by atoms with Crippen molar-refractivity contribution in [3.8, 4) is 0 Å². The van der Waals surface area contributed by atoms with Crippen LogP contribution in [-0.4, -0.2) is 4.99 Å². The third kappa shape index (κ3) is 3.20. The average molecular weight is 268 g/mol. The summed E-state index contributed by atoms with van der Waals surface area (Å²) in [5, 5.41) is 0.763. The van der Waals surface area contributed by atoms with E-state index in [1.54, 1.807) is 0 Å². The van der Waals surface area contributed by atoms with Crippen LogP contribution in [-0.2, 0) is 0 Å². The second-order valence-electron chi connectivity index (χ2n) is 4.83. The van der Waals surface area contributed by atoms with Gasteiger partial charge < -0.3 is 5.73 Å². The first-order valence-corrected chi connectivity index (χ1v) is 7.02. The molecule has 0 saturated heterocycles. The molecule has 92 valence electrons. The van der Waals surface area contributed by atoms with Gasteiger partial charge in [0, 0.05) is 10.9 Å². The van der Waals surface area contributed by atoms with Crippen LogP contribution in [0.2, 0.25) is 5.02 Å². The molecule has 1 aromatic carbocycles. The molecule has 1 saturated carbocycles. The highest BCUT2D eigenvalue weighted by atomic mass is 35.5. The molecule has 0 radical (unpaired) electrons. The van der Waals surface area contributed by atoms with E-state index in [9.17, 15) is 0 Å². The Balaban J connectivity index is 2.25. The highest BCUT2D eigenvalue weighted by Gasteiger charge is 2.27. The minimum atomic E-state index is 0.198. The Bertz CT molecular complexity index is 399. The minimum absolute atomic E-state index is 0.198. The number of hydrogen-bond donors (Lipinski definition) is 1. The number of nitrogens with two attached hydrogens (primary N) is 1. The predicted molar refractivity (Wildman–Crippen MR) is 77.6 cm³/mol. The molecule has 0 aromatic heterocycles. The standard InChI is InChI=1S/C14H18ClNS/c15-12-8-4-7-11(9-12)13(14(16)17)10-5-2-1-3-6-10/h4,7-10,13H,1-3,5-6H2,(H2,16,17). The Morgan fingerprint density at radius 1 is 1.29 bits per heavy atom. The van der Waals surface area contributed by atoms with Gasteiger partial charge in [0.05, 0.1) is 4.99 Å². The molecule has 0 spiro atoms. The number of halogens is 1. The zero-order chi connectivity index (χ0) is 12.3. The van der Waals surface area contributed by atoms with Crippen LogP contribution >= 0.6 is 23.8 Å². The summed E-state index contributed by atoms with van der Waals surface area (Å²) in [6.45, 7) is 0. The first-order chi connectivity index (χ1) is 8.18. The van der Waals surface area contributed by atoms with E-state index in [0.717, 1.165) is 5.02 Å². The van der Waals surface area contributed by atoms with Gasteiger partial charge in [0.15, 0.2) is 0 Å². The van der Waals surface area contributed by atoms with Gasteiger partial charge in [-0.25, -0.2) is 0 Å². The summed E-state index contributed by atoms with van der Waals surface area (Å²) >= 11 is 11.3. The van der Waals surface area contributed by atoms with Crippen LogP contribution in [0.1, 0.15) is 43.6 Å². The molecule has 0 heterocycles. The molecule has 1 aromatic rings. The lowest BCUT2D eigenvalue weighted by Crippen LogP contribution is -2.28. The molecule has 0 bridgehead atoms. The van der Waals surface area contributed by atoms with Crippen LogP contribution in [0.25, 0.3) is 0 Å². The van der Waals surface area contributed by atoms with Crippen molar-refractivity contribution in [2.45, 2.75) is 38.0 Å². The number of thiocarbonyl (C=S) groups is 1. The van der Waals surface area contributed by atoms with E-state index in [1.165, 1.54) is 37.7 Å². The molecule has 1 aliphatic rings. The van der Waals surface area contributed by atoms with E-state index in [2.05, 4.69) is 6.07 Å². The molecular weight excluding hydrogens is 250 g/mol. The molecule has 0 amide bonds. The molecular formula is C14H18ClNS. The maximum atomic E-state index is 6.05. The Morgan fingerprint density at radius 3 is 2.59 bits per heavy atom. The Hall–Kier alpha value is -0.600. The molecule has 2 N–H and O–H groups in total. The minimum Gasteiger partial charge on any atom is -0.393 e. The van der Waals surface area contributed by atoms with Crippen LogP contribution in [0.3, 0.4) is 0 Å². The second kappa shape index (κ2) is 5.83. The van der Waals surface area contributed by atoms with Crippen LogP contribution in [0.4, 0.5) is 0 Å². The molecule has 3 heteroatoms. The van der Waals surface area contributed by atoms with Crippen molar-refractivity contribution < 1.29 is 0 Å². The van der Waals surface area contributed by atoms with E-state index in [-0.39, 0.29) is 5.92 Å². The fourth-order valence-electron chi connectivity index (χ4n) is 2.84. The van der Waals surface area contributed by atoms with Gasteiger partial charge >= 0.3 is 0 Å². The largest absolute Gasteiger partial charge is 0.393 e. The number of hydrogen-bond acceptors (Lipinski definition) is 1. The van der Waals surface area contributed by atoms with Gasteiger partial charge in [-0.3, -0.25) is 0 Å². The molecule has 1 unspecified atom stereocenters. The van der Waals surface area contributed by atoms with Crippen LogP contribution < -0.4 is 5.73 Å². The van der Waals surface area contributed by atoms with Crippen LogP contribution in [0.15, 0.2) is 24.3 Å². The summed E-state index contributed by atoms with van der Waals surface area (Å²) in [5.74, 6) is 0.795. The summed E-state index contributed by atoms with van der Waals surface area (Å²) < 4.78 is 0. The first-order valence-electron chi connectivity index (χ1n) is 6.23. The predicted octanol–water partition coefficient (Wildman–Crippen LogP) is 4.29. The lowest BCUT2D eigenvalue weighted by molar-refractivity contribution is 0.342. The lowest BCUT2D eigenvalue weighted by atomic mass is 9.77. The fourth-order valence-corrected chi connectivity index (χ4v) is 3.36. The zero-order valence-electron chi connectivity index (χ0n) is 9.86. The Labute approximate surface area is 113 Å². The Kier molecular flexibility index (Phi) is 4.41. The van der Waals surface area contributed by atoms with E-state index in [4.69, 9.17) is 29.6 Å². The molecule has 1 atom stereocenters. The van der Waals surface area contributed by atoms with Gasteiger partial charge in [0.25, 0.3) is 0 Å². The quantitative estimate of drug-likeness (QED) is 0.827. The van der Waals surface area contributed by atoms with Gasteiger partial charge in [-0.1, -0.05) is 55.2 Å². The van der Waals surface area contributed by atoms with Gasteiger partial charge in [0.1, 0.15) is 0 Å². The maximum Gasteiger partial charge on any atom is 0.0806 e. The van der Waals surface area contributed by atoms with Crippen LogP contribution in [0.5, 0.6) is 0 Å². The van der Waals surface area contributed by atoms with Gasteiger partial charge in [-0.15, -0.1) is 0 Å². The summed E-state index contributed by atoms with van der Waals surface area (Å²) in [6, 6.07) is 7.96. The molecule has 17 heavy (non-hydrogen) atoms. The van der Waals surface area contributed by atoms with E-state index < -0.39 is 0 Å². The molecule has 1 fully saturated rings. The van der Waals surface area contributed by atoms with Gasteiger partial charge in [-0.2, -0.15) is 0 Å². The second-order valence-corrected chi connectivity index (χ2v) is 5.74.